The van der Waals surface area contributed by atoms with Crippen LogP contribution in [0.1, 0.15) is 10.4 Å². The largest absolute Gasteiger partial charge is 0.478 e. The predicted molar refractivity (Wildman–Crippen MR) is 66.1 cm³/mol. The van der Waals surface area contributed by atoms with Crippen LogP contribution in [0.5, 0.6) is 0 Å². The molecule has 16 heavy (non-hydrogen) atoms. The molecule has 0 fully saturated rings. The summed E-state index contributed by atoms with van der Waals surface area (Å²) in [6, 6.07) is 14.5. The Kier molecular flexibility index (Phi) is 2.97. The maximum Gasteiger partial charge on any atom is 0.335 e. The van der Waals surface area contributed by atoms with Crippen molar-refractivity contribution in [2.24, 2.45) is 0 Å². The number of aromatic carboxylic acids is 1. The molecule has 0 bridgehead atoms. The second-order valence-electron chi connectivity index (χ2n) is 3.43. The molecule has 0 aliphatic carbocycles. The molecule has 0 heterocycles. The van der Waals surface area contributed by atoms with Gasteiger partial charge in [0, 0.05) is 4.90 Å². The zero-order valence-corrected chi connectivity index (χ0v) is 9.32. The highest BCUT2D eigenvalue weighted by Gasteiger charge is 2.02. The summed E-state index contributed by atoms with van der Waals surface area (Å²) in [6.45, 7) is 0. The SMILES string of the molecule is O=C(O)c1ccc(-c2cccc(S)c2)cc1. The average molecular weight is 230 g/mol. The van der Waals surface area contributed by atoms with Crippen LogP contribution in [-0.4, -0.2) is 11.1 Å². The summed E-state index contributed by atoms with van der Waals surface area (Å²) in [5.41, 5.74) is 2.32. The maximum atomic E-state index is 10.7. The Morgan fingerprint density at radius 3 is 2.25 bits per heavy atom. The van der Waals surface area contributed by atoms with Crippen molar-refractivity contribution in [3.8, 4) is 11.1 Å². The summed E-state index contributed by atoms with van der Waals surface area (Å²) in [5.74, 6) is -0.908. The van der Waals surface area contributed by atoms with Crippen molar-refractivity contribution in [2.75, 3.05) is 0 Å². The number of carbonyl (C=O) groups is 1. The summed E-state index contributed by atoms with van der Waals surface area (Å²) in [5, 5.41) is 8.78. The molecular formula is C13H10O2S. The van der Waals surface area contributed by atoms with Gasteiger partial charge in [0.1, 0.15) is 0 Å². The van der Waals surface area contributed by atoms with Crippen molar-refractivity contribution in [3.63, 3.8) is 0 Å². The molecule has 0 aliphatic rings. The lowest BCUT2D eigenvalue weighted by Crippen LogP contribution is -1.94. The van der Waals surface area contributed by atoms with Gasteiger partial charge >= 0.3 is 5.97 Å². The summed E-state index contributed by atoms with van der Waals surface area (Å²) >= 11 is 4.26. The van der Waals surface area contributed by atoms with E-state index in [9.17, 15) is 4.79 Å². The van der Waals surface area contributed by atoms with Crippen LogP contribution in [0, 0.1) is 0 Å². The average Bonchev–Trinajstić information content (AvgIpc) is 2.29. The lowest BCUT2D eigenvalue weighted by molar-refractivity contribution is 0.0697. The second-order valence-corrected chi connectivity index (χ2v) is 3.95. The normalized spacial score (nSPS) is 10.1. The van der Waals surface area contributed by atoms with Crippen molar-refractivity contribution in [1.82, 2.24) is 0 Å². The molecule has 3 heteroatoms. The van der Waals surface area contributed by atoms with E-state index in [1.165, 1.54) is 0 Å². The third-order valence-corrected chi connectivity index (χ3v) is 2.59. The first kappa shape index (κ1) is 10.8. The van der Waals surface area contributed by atoms with Gasteiger partial charge in [-0.2, -0.15) is 0 Å². The summed E-state index contributed by atoms with van der Waals surface area (Å²) < 4.78 is 0. The van der Waals surface area contributed by atoms with E-state index in [2.05, 4.69) is 12.6 Å². The van der Waals surface area contributed by atoms with Crippen molar-refractivity contribution in [3.05, 3.63) is 54.1 Å². The van der Waals surface area contributed by atoms with E-state index < -0.39 is 5.97 Å². The molecule has 0 saturated heterocycles. The van der Waals surface area contributed by atoms with Gasteiger partial charge in [-0.25, -0.2) is 4.79 Å². The first-order valence-electron chi connectivity index (χ1n) is 4.79. The van der Waals surface area contributed by atoms with E-state index in [1.54, 1.807) is 24.3 Å². The first-order valence-corrected chi connectivity index (χ1v) is 5.24. The van der Waals surface area contributed by atoms with Gasteiger partial charge in [0.2, 0.25) is 0 Å². The minimum atomic E-state index is -0.908. The van der Waals surface area contributed by atoms with Gasteiger partial charge in [-0.1, -0.05) is 24.3 Å². The van der Waals surface area contributed by atoms with Crippen molar-refractivity contribution >= 4 is 18.6 Å². The monoisotopic (exact) mass is 230 g/mol. The molecular weight excluding hydrogens is 220 g/mol. The van der Waals surface area contributed by atoms with Crippen LogP contribution in [0.3, 0.4) is 0 Å². The third kappa shape index (κ3) is 2.25. The lowest BCUT2D eigenvalue weighted by atomic mass is 10.0. The van der Waals surface area contributed by atoms with Gasteiger partial charge in [-0.15, -0.1) is 12.6 Å². The van der Waals surface area contributed by atoms with E-state index in [0.29, 0.717) is 5.56 Å². The number of rotatable bonds is 2. The quantitative estimate of drug-likeness (QED) is 0.776. The highest BCUT2D eigenvalue weighted by molar-refractivity contribution is 7.80. The van der Waals surface area contributed by atoms with Crippen LogP contribution >= 0.6 is 12.6 Å². The zero-order chi connectivity index (χ0) is 11.5. The number of benzene rings is 2. The van der Waals surface area contributed by atoms with Crippen molar-refractivity contribution in [1.29, 1.82) is 0 Å². The molecule has 0 aromatic heterocycles. The Labute approximate surface area is 99.0 Å². The molecule has 0 unspecified atom stereocenters. The third-order valence-electron chi connectivity index (χ3n) is 2.31. The molecule has 2 rings (SSSR count). The number of carboxylic acids is 1. The van der Waals surface area contributed by atoms with Crippen molar-refractivity contribution < 1.29 is 9.90 Å². The topological polar surface area (TPSA) is 37.3 Å². The Hall–Kier alpha value is -1.74. The van der Waals surface area contributed by atoms with Gasteiger partial charge in [0.05, 0.1) is 5.56 Å². The Bertz CT molecular complexity index is 518. The highest BCUT2D eigenvalue weighted by atomic mass is 32.1. The molecule has 0 aliphatic heterocycles. The van der Waals surface area contributed by atoms with Gasteiger partial charge in [-0.3, -0.25) is 0 Å². The molecule has 0 saturated carbocycles. The first-order chi connectivity index (χ1) is 7.66. The highest BCUT2D eigenvalue weighted by Crippen LogP contribution is 2.22. The van der Waals surface area contributed by atoms with E-state index in [-0.39, 0.29) is 0 Å². The molecule has 2 aromatic rings. The summed E-state index contributed by atoms with van der Waals surface area (Å²) in [7, 11) is 0. The molecule has 2 nitrogen and oxygen atoms in total. The molecule has 0 spiro atoms. The fourth-order valence-corrected chi connectivity index (χ4v) is 1.72. The van der Waals surface area contributed by atoms with Gasteiger partial charge in [-0.05, 0) is 35.4 Å². The van der Waals surface area contributed by atoms with Gasteiger partial charge in [0.15, 0.2) is 0 Å². The van der Waals surface area contributed by atoms with Crippen LogP contribution in [0.4, 0.5) is 0 Å². The number of hydrogen-bond acceptors (Lipinski definition) is 2. The summed E-state index contributed by atoms with van der Waals surface area (Å²) in [4.78, 5) is 11.6. The predicted octanol–water partition coefficient (Wildman–Crippen LogP) is 3.34. The minimum Gasteiger partial charge on any atom is -0.478 e. The molecule has 2 aromatic carbocycles. The zero-order valence-electron chi connectivity index (χ0n) is 8.42. The minimum absolute atomic E-state index is 0.297. The van der Waals surface area contributed by atoms with Crippen LogP contribution < -0.4 is 0 Å². The number of carboxylic acid groups (broad SMARTS) is 1. The van der Waals surface area contributed by atoms with E-state index in [0.717, 1.165) is 16.0 Å². The fourth-order valence-electron chi connectivity index (χ4n) is 1.49. The maximum absolute atomic E-state index is 10.7. The molecule has 0 radical (unpaired) electrons. The second kappa shape index (κ2) is 4.41. The molecule has 0 amide bonds. The Morgan fingerprint density at radius 1 is 1.00 bits per heavy atom. The van der Waals surface area contributed by atoms with Crippen LogP contribution in [0.15, 0.2) is 53.4 Å². The standard InChI is InChI=1S/C13H10O2S/c14-13(15)10-6-4-9(5-7-10)11-2-1-3-12(16)8-11/h1-8,16H,(H,14,15). The molecule has 80 valence electrons. The van der Waals surface area contributed by atoms with E-state index in [1.807, 2.05) is 24.3 Å². The smallest absolute Gasteiger partial charge is 0.335 e. The molecule has 1 N–H and O–H groups in total. The van der Waals surface area contributed by atoms with Gasteiger partial charge in [0.25, 0.3) is 0 Å². The number of hydrogen-bond donors (Lipinski definition) is 2. The van der Waals surface area contributed by atoms with E-state index >= 15 is 0 Å². The Balaban J connectivity index is 2.38. The lowest BCUT2D eigenvalue weighted by Gasteiger charge is -2.02. The number of thiol groups is 1. The van der Waals surface area contributed by atoms with Gasteiger partial charge < -0.3 is 5.11 Å². The fraction of sp³-hybridized carbons (Fsp3) is 0. The Morgan fingerprint density at radius 2 is 1.69 bits per heavy atom. The van der Waals surface area contributed by atoms with Crippen LogP contribution in [0.2, 0.25) is 0 Å². The summed E-state index contributed by atoms with van der Waals surface area (Å²) in [6.07, 6.45) is 0. The van der Waals surface area contributed by atoms with Crippen LogP contribution in [-0.2, 0) is 0 Å². The molecule has 0 atom stereocenters. The van der Waals surface area contributed by atoms with Crippen LogP contribution in [0.25, 0.3) is 11.1 Å². The van der Waals surface area contributed by atoms with E-state index in [4.69, 9.17) is 5.11 Å². The van der Waals surface area contributed by atoms with Crippen molar-refractivity contribution in [2.45, 2.75) is 4.90 Å².